The Hall–Kier alpha value is -3.23. The number of hydrogen-bond acceptors (Lipinski definition) is 6. The monoisotopic (exact) mass is 313 g/mol. The van der Waals surface area contributed by atoms with Gasteiger partial charge in [0.25, 0.3) is 0 Å². The van der Waals surface area contributed by atoms with Crippen molar-refractivity contribution in [1.82, 2.24) is 29.7 Å². The van der Waals surface area contributed by atoms with Crippen molar-refractivity contribution in [3.8, 4) is 17.3 Å². The first kappa shape index (κ1) is 14.7. The molecule has 118 valence electrons. The van der Waals surface area contributed by atoms with Gasteiger partial charge in [0.1, 0.15) is 12.0 Å². The molecule has 9 nitrogen and oxygen atoms in total. The predicted octanol–water partition coefficient (Wildman–Crippen LogP) is 1.34. The molecule has 0 saturated carbocycles. The van der Waals surface area contributed by atoms with Crippen LogP contribution in [-0.4, -0.2) is 44.0 Å². The van der Waals surface area contributed by atoms with Gasteiger partial charge in [0.15, 0.2) is 5.82 Å². The second-order valence-corrected chi connectivity index (χ2v) is 4.61. The van der Waals surface area contributed by atoms with Gasteiger partial charge in [-0.1, -0.05) is 0 Å². The molecule has 0 aliphatic carbocycles. The fourth-order valence-electron chi connectivity index (χ4n) is 1.98. The molecule has 0 aliphatic heterocycles. The number of nitrogens with one attached hydrogen (secondary N) is 2. The Kier molecular flexibility index (Phi) is 4.00. The second-order valence-electron chi connectivity index (χ2n) is 4.61. The molecule has 23 heavy (non-hydrogen) atoms. The molecule has 2 amide bonds. The first-order valence-corrected chi connectivity index (χ1v) is 6.95. The molecule has 3 heterocycles. The first-order valence-electron chi connectivity index (χ1n) is 6.95. The Labute approximate surface area is 131 Å². The molecule has 0 atom stereocenters. The van der Waals surface area contributed by atoms with Crippen molar-refractivity contribution >= 4 is 17.5 Å². The van der Waals surface area contributed by atoms with E-state index in [2.05, 4.69) is 30.6 Å². The number of amides is 2. The van der Waals surface area contributed by atoms with Gasteiger partial charge in [0.05, 0.1) is 19.0 Å². The topological polar surface area (TPSA) is 106 Å². The van der Waals surface area contributed by atoms with Crippen LogP contribution in [0.15, 0.2) is 31.0 Å². The summed E-state index contributed by atoms with van der Waals surface area (Å²) in [4.78, 5) is 28.3. The highest BCUT2D eigenvalue weighted by Crippen LogP contribution is 2.18. The lowest BCUT2D eigenvalue weighted by molar-refractivity contribution is 0.252. The second kappa shape index (κ2) is 6.26. The maximum Gasteiger partial charge on any atom is 0.320 e. The standard InChI is InChI=1S/C14H15N7O2/c1-3-15-13(22)20-11-7-21-8-18-10(4-12(21)19-11)9-5-16-14(23-2)17-6-9/h4-8H,3H2,1-2H3,(H2,15,20,22). The van der Waals surface area contributed by atoms with E-state index in [1.807, 2.05) is 6.92 Å². The molecule has 0 aliphatic rings. The predicted molar refractivity (Wildman–Crippen MR) is 83.3 cm³/mol. The number of ether oxygens (including phenoxy) is 1. The number of imidazole rings is 1. The van der Waals surface area contributed by atoms with E-state index in [9.17, 15) is 4.79 Å². The third-order valence-electron chi connectivity index (χ3n) is 3.03. The summed E-state index contributed by atoms with van der Waals surface area (Å²) in [7, 11) is 1.51. The zero-order valence-corrected chi connectivity index (χ0v) is 12.6. The number of carbonyl (C=O) groups is 1. The summed E-state index contributed by atoms with van der Waals surface area (Å²) in [5.74, 6) is 0.445. The van der Waals surface area contributed by atoms with Crippen LogP contribution in [0.4, 0.5) is 10.6 Å². The van der Waals surface area contributed by atoms with Crippen molar-refractivity contribution in [2.45, 2.75) is 6.92 Å². The van der Waals surface area contributed by atoms with Gasteiger partial charge in [-0.2, -0.15) is 0 Å². The molecular formula is C14H15N7O2. The average molecular weight is 313 g/mol. The lowest BCUT2D eigenvalue weighted by Crippen LogP contribution is -2.28. The first-order chi connectivity index (χ1) is 11.2. The summed E-state index contributed by atoms with van der Waals surface area (Å²) >= 11 is 0. The number of nitrogens with zero attached hydrogens (tertiary/aromatic N) is 5. The minimum Gasteiger partial charge on any atom is -0.467 e. The van der Waals surface area contributed by atoms with Crippen LogP contribution >= 0.6 is 0 Å². The summed E-state index contributed by atoms with van der Waals surface area (Å²) in [5.41, 5.74) is 2.07. The van der Waals surface area contributed by atoms with Gasteiger partial charge in [-0.05, 0) is 6.92 Å². The molecule has 3 rings (SSSR count). The van der Waals surface area contributed by atoms with Crippen LogP contribution in [-0.2, 0) is 0 Å². The van der Waals surface area contributed by atoms with Crippen molar-refractivity contribution in [3.63, 3.8) is 0 Å². The van der Waals surface area contributed by atoms with Crippen LogP contribution in [0.25, 0.3) is 16.9 Å². The van der Waals surface area contributed by atoms with Crippen molar-refractivity contribution < 1.29 is 9.53 Å². The van der Waals surface area contributed by atoms with Crippen LogP contribution < -0.4 is 15.4 Å². The number of methoxy groups -OCH3 is 1. The molecule has 9 heteroatoms. The average Bonchev–Trinajstić information content (AvgIpc) is 2.96. The Balaban J connectivity index is 1.87. The van der Waals surface area contributed by atoms with Crippen LogP contribution in [0.1, 0.15) is 6.92 Å². The largest absolute Gasteiger partial charge is 0.467 e. The number of aromatic nitrogens is 5. The van der Waals surface area contributed by atoms with E-state index in [0.29, 0.717) is 29.7 Å². The van der Waals surface area contributed by atoms with Crippen LogP contribution in [0.5, 0.6) is 6.01 Å². The Bertz CT molecular complexity index is 829. The van der Waals surface area contributed by atoms with Crippen molar-refractivity contribution in [3.05, 3.63) is 31.0 Å². The molecule has 0 fully saturated rings. The lowest BCUT2D eigenvalue weighted by atomic mass is 10.2. The van der Waals surface area contributed by atoms with Crippen molar-refractivity contribution in [2.24, 2.45) is 0 Å². The summed E-state index contributed by atoms with van der Waals surface area (Å²) in [6.45, 7) is 2.39. The van der Waals surface area contributed by atoms with Gasteiger partial charge < -0.3 is 10.1 Å². The summed E-state index contributed by atoms with van der Waals surface area (Å²) in [6, 6.07) is 1.78. The summed E-state index contributed by atoms with van der Waals surface area (Å²) in [6.07, 6.45) is 6.56. The summed E-state index contributed by atoms with van der Waals surface area (Å²) < 4.78 is 6.65. The highest BCUT2D eigenvalue weighted by molar-refractivity contribution is 5.88. The number of urea groups is 1. The third kappa shape index (κ3) is 3.18. The van der Waals surface area contributed by atoms with Crippen molar-refractivity contribution in [1.29, 1.82) is 0 Å². The van der Waals surface area contributed by atoms with Gasteiger partial charge in [0, 0.05) is 30.6 Å². The third-order valence-corrected chi connectivity index (χ3v) is 3.03. The molecular weight excluding hydrogens is 298 g/mol. The van der Waals surface area contributed by atoms with Gasteiger partial charge in [-0.15, -0.1) is 0 Å². The zero-order chi connectivity index (χ0) is 16.2. The molecule has 3 aromatic heterocycles. The van der Waals surface area contributed by atoms with Crippen LogP contribution in [0.2, 0.25) is 0 Å². The van der Waals surface area contributed by atoms with E-state index in [1.54, 1.807) is 35.4 Å². The minimum absolute atomic E-state index is 0.295. The normalized spacial score (nSPS) is 10.5. The lowest BCUT2D eigenvalue weighted by Gasteiger charge is -2.01. The van der Waals surface area contributed by atoms with E-state index in [0.717, 1.165) is 5.56 Å². The number of anilines is 1. The fraction of sp³-hybridized carbons (Fsp3) is 0.214. The van der Waals surface area contributed by atoms with Gasteiger partial charge in [0.2, 0.25) is 0 Å². The van der Waals surface area contributed by atoms with E-state index < -0.39 is 0 Å². The highest BCUT2D eigenvalue weighted by atomic mass is 16.5. The minimum atomic E-state index is -0.298. The highest BCUT2D eigenvalue weighted by Gasteiger charge is 2.08. The maximum absolute atomic E-state index is 11.5. The SMILES string of the molecule is CCNC(=O)Nc1cn2cnc(-c3cnc(OC)nc3)cc2n1. The smallest absolute Gasteiger partial charge is 0.320 e. The van der Waals surface area contributed by atoms with E-state index in [-0.39, 0.29) is 6.03 Å². The number of hydrogen-bond donors (Lipinski definition) is 2. The molecule has 0 aromatic carbocycles. The van der Waals surface area contributed by atoms with Crippen molar-refractivity contribution in [2.75, 3.05) is 19.0 Å². The summed E-state index contributed by atoms with van der Waals surface area (Å²) in [5, 5.41) is 5.30. The molecule has 0 bridgehead atoms. The van der Waals surface area contributed by atoms with Gasteiger partial charge in [-0.3, -0.25) is 9.72 Å². The maximum atomic E-state index is 11.5. The van der Waals surface area contributed by atoms with Gasteiger partial charge >= 0.3 is 12.0 Å². The zero-order valence-electron chi connectivity index (χ0n) is 12.6. The number of carbonyl (C=O) groups excluding carboxylic acids is 1. The van der Waals surface area contributed by atoms with Crippen LogP contribution in [0, 0.1) is 0 Å². The Morgan fingerprint density at radius 3 is 2.78 bits per heavy atom. The fourth-order valence-corrected chi connectivity index (χ4v) is 1.98. The van der Waals surface area contributed by atoms with E-state index >= 15 is 0 Å². The molecule has 0 unspecified atom stereocenters. The van der Waals surface area contributed by atoms with Gasteiger partial charge in [-0.25, -0.2) is 24.7 Å². The Morgan fingerprint density at radius 1 is 1.30 bits per heavy atom. The number of rotatable bonds is 4. The molecule has 0 radical (unpaired) electrons. The van der Waals surface area contributed by atoms with E-state index in [4.69, 9.17) is 4.74 Å². The molecule has 3 aromatic rings. The molecule has 0 saturated heterocycles. The van der Waals surface area contributed by atoms with E-state index in [1.165, 1.54) is 7.11 Å². The molecule has 2 N–H and O–H groups in total. The quantitative estimate of drug-likeness (QED) is 0.752. The van der Waals surface area contributed by atoms with Crippen LogP contribution in [0.3, 0.4) is 0 Å². The number of fused-ring (bicyclic) bond motifs is 1. The molecule has 0 spiro atoms. The Morgan fingerprint density at radius 2 is 2.09 bits per heavy atom.